The van der Waals surface area contributed by atoms with Gasteiger partial charge in [-0.3, -0.25) is 14.7 Å². The number of carboxylic acids is 2. The molecule has 2 heterocycles. The van der Waals surface area contributed by atoms with Gasteiger partial charge in [0.05, 0.1) is 21.3 Å². The fourth-order valence-electron chi connectivity index (χ4n) is 5.03. The zero-order valence-corrected chi connectivity index (χ0v) is 22.5. The minimum atomic E-state index is -1.82. The molecule has 0 amide bonds. The Morgan fingerprint density at radius 1 is 0.737 bits per heavy atom. The third-order valence-electron chi connectivity index (χ3n) is 7.09. The second kappa shape index (κ2) is 14.6. The van der Waals surface area contributed by atoms with Crippen molar-refractivity contribution in [3.05, 3.63) is 53.6 Å². The van der Waals surface area contributed by atoms with Crippen molar-refractivity contribution in [1.29, 1.82) is 0 Å². The van der Waals surface area contributed by atoms with Gasteiger partial charge in [-0.1, -0.05) is 30.3 Å². The van der Waals surface area contributed by atoms with Gasteiger partial charge < -0.3 is 24.4 Å². The lowest BCUT2D eigenvalue weighted by atomic mass is 10.0. The van der Waals surface area contributed by atoms with E-state index in [2.05, 4.69) is 45.0 Å². The van der Waals surface area contributed by atoms with Gasteiger partial charge in [-0.05, 0) is 37.6 Å². The Morgan fingerprint density at radius 3 is 1.79 bits per heavy atom. The summed E-state index contributed by atoms with van der Waals surface area (Å²) in [6, 6.07) is 15.5. The van der Waals surface area contributed by atoms with E-state index in [-0.39, 0.29) is 0 Å². The van der Waals surface area contributed by atoms with E-state index < -0.39 is 11.9 Å². The Bertz CT molecular complexity index is 1020. The molecule has 0 bridgehead atoms. The second-order valence-corrected chi connectivity index (χ2v) is 9.43. The normalized spacial score (nSPS) is 17.2. The zero-order valence-electron chi connectivity index (χ0n) is 22.5. The van der Waals surface area contributed by atoms with Crippen LogP contribution in [-0.4, -0.2) is 103 Å². The van der Waals surface area contributed by atoms with Gasteiger partial charge in [0, 0.05) is 56.9 Å². The molecule has 0 atom stereocenters. The van der Waals surface area contributed by atoms with Crippen LogP contribution < -0.4 is 14.2 Å². The predicted octanol–water partition coefficient (Wildman–Crippen LogP) is 2.65. The molecule has 0 unspecified atom stereocenters. The molecule has 2 fully saturated rings. The van der Waals surface area contributed by atoms with E-state index in [1.54, 1.807) is 21.3 Å². The maximum atomic E-state index is 9.10. The van der Waals surface area contributed by atoms with Crippen LogP contribution in [0.2, 0.25) is 0 Å². The number of carboxylic acid groups (broad SMARTS) is 2. The largest absolute Gasteiger partial charge is 0.496 e. The second-order valence-electron chi connectivity index (χ2n) is 9.43. The fourth-order valence-corrected chi connectivity index (χ4v) is 5.03. The molecule has 2 aromatic rings. The van der Waals surface area contributed by atoms with Crippen LogP contribution in [0.15, 0.2) is 42.5 Å². The minimum Gasteiger partial charge on any atom is -0.496 e. The number of carbonyl (C=O) groups is 2. The molecule has 208 valence electrons. The molecule has 2 aliphatic rings. The monoisotopic (exact) mass is 529 g/mol. The molecule has 0 saturated carbocycles. The SMILES string of the molecule is COc1cc(OC)c(OC)cc1CN1CCN(C2CCN(Cc3ccccc3)CC2)CC1.O=C(O)C(=O)O. The summed E-state index contributed by atoms with van der Waals surface area (Å²) >= 11 is 0. The predicted molar refractivity (Wildman–Crippen MR) is 143 cm³/mol. The average molecular weight is 530 g/mol. The molecule has 4 rings (SSSR count). The number of methoxy groups -OCH3 is 3. The number of rotatable bonds is 8. The van der Waals surface area contributed by atoms with Crippen molar-refractivity contribution in [3.8, 4) is 17.2 Å². The van der Waals surface area contributed by atoms with Crippen LogP contribution in [0.4, 0.5) is 0 Å². The standard InChI is InChI=1S/C26H37N3O3.C2H2O4/c1-30-24-18-26(32-3)25(31-2)17-22(24)20-28-13-15-29(16-14-28)23-9-11-27(12-10-23)19-21-7-5-4-6-8-21;3-1(4)2(5)6/h4-8,17-18,23H,9-16,19-20H2,1-3H3;(H,3,4)(H,5,6). The van der Waals surface area contributed by atoms with Gasteiger partial charge in [-0.15, -0.1) is 0 Å². The van der Waals surface area contributed by atoms with Gasteiger partial charge in [-0.2, -0.15) is 0 Å². The highest BCUT2D eigenvalue weighted by Crippen LogP contribution is 2.35. The molecule has 2 aromatic carbocycles. The molecule has 10 nitrogen and oxygen atoms in total. The van der Waals surface area contributed by atoms with Crippen LogP contribution in [0.3, 0.4) is 0 Å². The van der Waals surface area contributed by atoms with E-state index in [0.29, 0.717) is 5.75 Å². The number of nitrogens with zero attached hydrogens (tertiary/aromatic N) is 3. The molecule has 0 radical (unpaired) electrons. The average Bonchev–Trinajstić information content (AvgIpc) is 2.94. The molecule has 2 N–H and O–H groups in total. The van der Waals surface area contributed by atoms with Crippen LogP contribution in [-0.2, 0) is 22.7 Å². The van der Waals surface area contributed by atoms with E-state index in [0.717, 1.165) is 62.4 Å². The van der Waals surface area contributed by atoms with Crippen molar-refractivity contribution in [2.75, 3.05) is 60.6 Å². The smallest absolute Gasteiger partial charge is 0.414 e. The summed E-state index contributed by atoms with van der Waals surface area (Å²) in [5, 5.41) is 14.8. The number of hydrogen-bond acceptors (Lipinski definition) is 8. The quantitative estimate of drug-likeness (QED) is 0.495. The third-order valence-corrected chi connectivity index (χ3v) is 7.09. The van der Waals surface area contributed by atoms with Crippen molar-refractivity contribution in [3.63, 3.8) is 0 Å². The van der Waals surface area contributed by atoms with Crippen molar-refractivity contribution < 1.29 is 34.0 Å². The lowest BCUT2D eigenvalue weighted by Gasteiger charge is -2.43. The van der Waals surface area contributed by atoms with Crippen LogP contribution >= 0.6 is 0 Å². The first kappa shape index (κ1) is 29.2. The first-order valence-electron chi connectivity index (χ1n) is 12.8. The van der Waals surface area contributed by atoms with Crippen LogP contribution in [0.5, 0.6) is 17.2 Å². The summed E-state index contributed by atoms with van der Waals surface area (Å²) in [7, 11) is 5.05. The summed E-state index contributed by atoms with van der Waals surface area (Å²) in [6.07, 6.45) is 2.55. The Kier molecular flexibility index (Phi) is 11.2. The summed E-state index contributed by atoms with van der Waals surface area (Å²) in [5.41, 5.74) is 2.57. The number of likely N-dealkylation sites (tertiary alicyclic amines) is 1. The number of benzene rings is 2. The lowest BCUT2D eigenvalue weighted by molar-refractivity contribution is -0.159. The van der Waals surface area contributed by atoms with Gasteiger partial charge in [-0.25, -0.2) is 9.59 Å². The van der Waals surface area contributed by atoms with Crippen molar-refractivity contribution in [1.82, 2.24) is 14.7 Å². The van der Waals surface area contributed by atoms with E-state index in [1.165, 1.54) is 31.5 Å². The first-order valence-corrected chi connectivity index (χ1v) is 12.8. The number of piperazine rings is 1. The van der Waals surface area contributed by atoms with Gasteiger partial charge in [0.15, 0.2) is 11.5 Å². The van der Waals surface area contributed by atoms with E-state index in [9.17, 15) is 0 Å². The van der Waals surface area contributed by atoms with Crippen molar-refractivity contribution >= 4 is 11.9 Å². The van der Waals surface area contributed by atoms with Gasteiger partial charge >= 0.3 is 11.9 Å². The van der Waals surface area contributed by atoms with Crippen LogP contribution in [0, 0.1) is 0 Å². The minimum absolute atomic E-state index is 0.705. The highest BCUT2D eigenvalue weighted by atomic mass is 16.5. The highest BCUT2D eigenvalue weighted by molar-refractivity contribution is 6.27. The molecule has 38 heavy (non-hydrogen) atoms. The molecule has 10 heteroatoms. The number of ether oxygens (including phenoxy) is 3. The van der Waals surface area contributed by atoms with E-state index in [1.807, 2.05) is 12.1 Å². The number of piperidine rings is 1. The Balaban J connectivity index is 0.000000599. The van der Waals surface area contributed by atoms with Crippen molar-refractivity contribution in [2.45, 2.75) is 32.0 Å². The van der Waals surface area contributed by atoms with Gasteiger partial charge in [0.25, 0.3) is 0 Å². The van der Waals surface area contributed by atoms with Crippen LogP contribution in [0.25, 0.3) is 0 Å². The summed E-state index contributed by atoms with van der Waals surface area (Å²) < 4.78 is 16.5. The molecule has 2 aliphatic heterocycles. The molecular formula is C28H39N3O7. The summed E-state index contributed by atoms with van der Waals surface area (Å²) in [4.78, 5) is 26.0. The van der Waals surface area contributed by atoms with Gasteiger partial charge in [0.1, 0.15) is 5.75 Å². The fraction of sp³-hybridized carbons (Fsp3) is 0.500. The molecule has 0 spiro atoms. The van der Waals surface area contributed by atoms with Crippen LogP contribution in [0.1, 0.15) is 24.0 Å². The zero-order chi connectivity index (χ0) is 27.5. The van der Waals surface area contributed by atoms with E-state index >= 15 is 0 Å². The first-order chi connectivity index (χ1) is 18.3. The Hall–Kier alpha value is -3.34. The van der Waals surface area contributed by atoms with Crippen molar-refractivity contribution in [2.24, 2.45) is 0 Å². The van der Waals surface area contributed by atoms with Gasteiger partial charge in [0.2, 0.25) is 0 Å². The number of hydrogen-bond donors (Lipinski definition) is 2. The summed E-state index contributed by atoms with van der Waals surface area (Å²) in [6.45, 7) is 8.79. The third kappa shape index (κ3) is 8.34. The Labute approximate surface area is 224 Å². The maximum absolute atomic E-state index is 9.10. The highest BCUT2D eigenvalue weighted by Gasteiger charge is 2.28. The lowest BCUT2D eigenvalue weighted by Crippen LogP contribution is -2.52. The molecule has 2 saturated heterocycles. The topological polar surface area (TPSA) is 112 Å². The summed E-state index contributed by atoms with van der Waals surface area (Å²) in [5.74, 6) is -1.33. The van der Waals surface area contributed by atoms with E-state index in [4.69, 9.17) is 34.0 Å². The molecule has 0 aromatic heterocycles. The molecule has 0 aliphatic carbocycles. The molecular weight excluding hydrogens is 490 g/mol. The Morgan fingerprint density at radius 2 is 1.26 bits per heavy atom. The number of aliphatic carboxylic acids is 2. The maximum Gasteiger partial charge on any atom is 0.414 e.